The Balaban J connectivity index is 2.06. The van der Waals surface area contributed by atoms with Crippen molar-refractivity contribution in [3.8, 4) is 0 Å². The first-order valence-electron chi connectivity index (χ1n) is 6.05. The molecule has 1 aromatic heterocycles. The predicted molar refractivity (Wildman–Crippen MR) is 77.5 cm³/mol. The Morgan fingerprint density at radius 3 is 2.75 bits per heavy atom. The van der Waals surface area contributed by atoms with E-state index in [2.05, 4.69) is 20.6 Å². The number of hydrogen-bond acceptors (Lipinski definition) is 4. The van der Waals surface area contributed by atoms with Crippen molar-refractivity contribution < 1.29 is 13.2 Å². The van der Waals surface area contributed by atoms with Crippen LogP contribution in [-0.4, -0.2) is 43.0 Å². The zero-order chi connectivity index (χ0) is 14.8. The van der Waals surface area contributed by atoms with Crippen LogP contribution in [0.4, 0.5) is 13.2 Å². The molecule has 0 aliphatic rings. The molecule has 114 valence electrons. The van der Waals surface area contributed by atoms with E-state index >= 15 is 0 Å². The lowest BCUT2D eigenvalue weighted by molar-refractivity contribution is -0.132. The molecule has 0 atom stereocenters. The summed E-state index contributed by atoms with van der Waals surface area (Å²) >= 11 is 3.26. The number of halogens is 3. The molecule has 1 rings (SSSR count). The summed E-state index contributed by atoms with van der Waals surface area (Å²) in [4.78, 5) is 8.01. The molecule has 0 unspecified atom stereocenters. The molecule has 0 spiro atoms. The average Bonchev–Trinajstić information content (AvgIpc) is 2.88. The van der Waals surface area contributed by atoms with Gasteiger partial charge in [-0.2, -0.15) is 13.2 Å². The number of nitrogens with one attached hydrogen (secondary N) is 2. The first-order chi connectivity index (χ1) is 9.51. The van der Waals surface area contributed by atoms with Gasteiger partial charge in [-0.25, -0.2) is 4.98 Å². The zero-order valence-electron chi connectivity index (χ0n) is 11.0. The highest BCUT2D eigenvalue weighted by molar-refractivity contribution is 8.00. The summed E-state index contributed by atoms with van der Waals surface area (Å²) in [5.74, 6) is 1.30. The summed E-state index contributed by atoms with van der Waals surface area (Å²) in [7, 11) is 1.53. The number of thiazole rings is 1. The minimum absolute atomic E-state index is 0.170. The van der Waals surface area contributed by atoms with Crippen LogP contribution >= 0.6 is 23.1 Å². The van der Waals surface area contributed by atoms with Gasteiger partial charge in [0.25, 0.3) is 0 Å². The van der Waals surface area contributed by atoms with Crippen molar-refractivity contribution in [3.05, 3.63) is 11.6 Å². The molecular formula is C11H17F3N4S2. The van der Waals surface area contributed by atoms with Crippen molar-refractivity contribution in [1.29, 1.82) is 0 Å². The van der Waals surface area contributed by atoms with E-state index in [4.69, 9.17) is 0 Å². The molecule has 0 bridgehead atoms. The largest absolute Gasteiger partial charge is 0.390 e. The highest BCUT2D eigenvalue weighted by Crippen LogP contribution is 2.20. The summed E-state index contributed by atoms with van der Waals surface area (Å²) in [6.45, 7) is 0.487. The molecule has 0 fully saturated rings. The molecule has 20 heavy (non-hydrogen) atoms. The number of guanidine groups is 1. The Morgan fingerprint density at radius 1 is 1.40 bits per heavy atom. The standard InChI is InChI=1S/C11H17F3N4S2/c1-15-9(17-5-3-11(12,13)14)16-4-2-7-19-10-18-6-8-20-10/h6,8H,2-5,7H2,1H3,(H2,15,16,17). The molecule has 1 aromatic rings. The smallest absolute Gasteiger partial charge is 0.356 e. The number of thioether (sulfide) groups is 1. The van der Waals surface area contributed by atoms with Gasteiger partial charge in [-0.05, 0) is 6.42 Å². The van der Waals surface area contributed by atoms with Crippen molar-refractivity contribution in [2.75, 3.05) is 25.9 Å². The van der Waals surface area contributed by atoms with E-state index in [1.54, 1.807) is 29.3 Å². The fourth-order valence-electron chi connectivity index (χ4n) is 1.26. The second-order valence-corrected chi connectivity index (χ2v) is 6.03. The lowest BCUT2D eigenvalue weighted by atomic mass is 10.4. The van der Waals surface area contributed by atoms with Crippen LogP contribution in [0.25, 0.3) is 0 Å². The minimum atomic E-state index is -4.14. The predicted octanol–water partition coefficient (Wildman–Crippen LogP) is 2.74. The van der Waals surface area contributed by atoms with Gasteiger partial charge in [-0.15, -0.1) is 11.3 Å². The lowest BCUT2D eigenvalue weighted by Crippen LogP contribution is -2.39. The molecular weight excluding hydrogens is 309 g/mol. The Bertz CT molecular complexity index is 393. The van der Waals surface area contributed by atoms with Crippen LogP contribution in [0.5, 0.6) is 0 Å². The minimum Gasteiger partial charge on any atom is -0.356 e. The maximum absolute atomic E-state index is 12.0. The molecule has 0 radical (unpaired) electrons. The summed E-state index contributed by atoms with van der Waals surface area (Å²) in [5.41, 5.74) is 0. The van der Waals surface area contributed by atoms with Gasteiger partial charge in [0.05, 0.1) is 6.42 Å². The van der Waals surface area contributed by atoms with Crippen molar-refractivity contribution in [3.63, 3.8) is 0 Å². The molecule has 2 N–H and O–H groups in total. The molecule has 0 amide bonds. The first-order valence-corrected chi connectivity index (χ1v) is 7.91. The van der Waals surface area contributed by atoms with Gasteiger partial charge in [0, 0.05) is 37.5 Å². The first kappa shape index (κ1) is 17.1. The number of hydrogen-bond donors (Lipinski definition) is 2. The van der Waals surface area contributed by atoms with E-state index in [1.807, 2.05) is 5.38 Å². The third kappa shape index (κ3) is 8.26. The van der Waals surface area contributed by atoms with Crippen LogP contribution in [0.2, 0.25) is 0 Å². The third-order valence-corrected chi connectivity index (χ3v) is 4.23. The molecule has 0 saturated carbocycles. The molecule has 9 heteroatoms. The molecule has 1 heterocycles. The Labute approximate surface area is 124 Å². The maximum atomic E-state index is 12.0. The van der Waals surface area contributed by atoms with Gasteiger partial charge in [-0.3, -0.25) is 4.99 Å². The highest BCUT2D eigenvalue weighted by atomic mass is 32.2. The molecule has 0 saturated heterocycles. The second kappa shape index (κ2) is 9.06. The van der Waals surface area contributed by atoms with Gasteiger partial charge < -0.3 is 10.6 Å². The summed E-state index contributed by atoms with van der Waals surface area (Å²) in [5, 5.41) is 7.53. The van der Waals surface area contributed by atoms with Crippen molar-refractivity contribution in [2.24, 2.45) is 4.99 Å². The van der Waals surface area contributed by atoms with Crippen LogP contribution < -0.4 is 10.6 Å². The van der Waals surface area contributed by atoms with E-state index in [0.29, 0.717) is 12.5 Å². The molecule has 4 nitrogen and oxygen atoms in total. The maximum Gasteiger partial charge on any atom is 0.390 e. The van der Waals surface area contributed by atoms with E-state index in [1.165, 1.54) is 7.05 Å². The number of nitrogens with zero attached hydrogens (tertiary/aromatic N) is 2. The van der Waals surface area contributed by atoms with Crippen molar-refractivity contribution in [1.82, 2.24) is 15.6 Å². The number of rotatable bonds is 7. The van der Waals surface area contributed by atoms with E-state index in [-0.39, 0.29) is 6.54 Å². The monoisotopic (exact) mass is 326 g/mol. The Morgan fingerprint density at radius 2 is 2.15 bits per heavy atom. The van der Waals surface area contributed by atoms with Gasteiger partial charge in [0.1, 0.15) is 4.34 Å². The topological polar surface area (TPSA) is 49.3 Å². The quantitative estimate of drug-likeness (QED) is 0.350. The number of alkyl halides is 3. The van der Waals surface area contributed by atoms with Crippen LogP contribution in [0.3, 0.4) is 0 Å². The second-order valence-electron chi connectivity index (χ2n) is 3.79. The normalized spacial score (nSPS) is 12.5. The third-order valence-electron chi connectivity index (χ3n) is 2.17. The number of aliphatic imine (C=N–C) groups is 1. The summed E-state index contributed by atoms with van der Waals surface area (Å²) in [6, 6.07) is 0. The van der Waals surface area contributed by atoms with E-state index < -0.39 is 12.6 Å². The fraction of sp³-hybridized carbons (Fsp3) is 0.636. The van der Waals surface area contributed by atoms with Crippen LogP contribution in [0.15, 0.2) is 20.9 Å². The van der Waals surface area contributed by atoms with E-state index in [9.17, 15) is 13.2 Å². The fourth-order valence-corrected chi connectivity index (χ4v) is 2.91. The van der Waals surface area contributed by atoms with Crippen LogP contribution in [0.1, 0.15) is 12.8 Å². The average molecular weight is 326 g/mol. The number of aromatic nitrogens is 1. The summed E-state index contributed by atoms with van der Waals surface area (Å²) < 4.78 is 37.0. The SMILES string of the molecule is CN=C(NCCCSc1nccs1)NCCC(F)(F)F. The van der Waals surface area contributed by atoms with Gasteiger partial charge in [0.2, 0.25) is 0 Å². The van der Waals surface area contributed by atoms with Gasteiger partial charge in [0.15, 0.2) is 5.96 Å². The van der Waals surface area contributed by atoms with Crippen LogP contribution in [0, 0.1) is 0 Å². The zero-order valence-corrected chi connectivity index (χ0v) is 12.7. The van der Waals surface area contributed by atoms with Crippen molar-refractivity contribution >= 4 is 29.1 Å². The van der Waals surface area contributed by atoms with Gasteiger partial charge >= 0.3 is 6.18 Å². The molecule has 0 aliphatic carbocycles. The molecule has 0 aromatic carbocycles. The van der Waals surface area contributed by atoms with Crippen LogP contribution in [-0.2, 0) is 0 Å². The van der Waals surface area contributed by atoms with Gasteiger partial charge in [-0.1, -0.05) is 11.8 Å². The Kier molecular flexibility index (Phi) is 7.75. The van der Waals surface area contributed by atoms with Crippen molar-refractivity contribution in [2.45, 2.75) is 23.4 Å². The highest BCUT2D eigenvalue weighted by Gasteiger charge is 2.26. The molecule has 0 aliphatic heterocycles. The lowest BCUT2D eigenvalue weighted by Gasteiger charge is -2.12. The summed E-state index contributed by atoms with van der Waals surface area (Å²) in [6.07, 6.45) is -2.37. The van der Waals surface area contributed by atoms with E-state index in [0.717, 1.165) is 16.5 Å². The Hall–Kier alpha value is -0.960.